The van der Waals surface area contributed by atoms with E-state index in [1.165, 1.54) is 0 Å². The summed E-state index contributed by atoms with van der Waals surface area (Å²) in [5, 5.41) is 2.95. The fraction of sp³-hybridized carbons (Fsp3) is 0.414. The quantitative estimate of drug-likeness (QED) is 0.168. The van der Waals surface area contributed by atoms with Crippen LogP contribution in [0.2, 0.25) is 0 Å². The van der Waals surface area contributed by atoms with E-state index in [4.69, 9.17) is 4.98 Å². The Morgan fingerprint density at radius 2 is 1.72 bits per heavy atom. The molecule has 0 saturated heterocycles. The number of carbonyl (C=O) groups is 2. The van der Waals surface area contributed by atoms with Gasteiger partial charge in [-0.25, -0.2) is 4.98 Å². The zero-order valence-electron chi connectivity index (χ0n) is 21.5. The zero-order chi connectivity index (χ0) is 25.5. The molecule has 0 bridgehead atoms. The minimum Gasteiger partial charge on any atom is -0.352 e. The molecule has 0 fully saturated rings. The lowest BCUT2D eigenvalue weighted by Crippen LogP contribution is -2.24. The third-order valence-electron chi connectivity index (χ3n) is 6.70. The maximum Gasteiger partial charge on any atom is 0.251 e. The van der Waals surface area contributed by atoms with Gasteiger partial charge in [0.25, 0.3) is 5.91 Å². The summed E-state index contributed by atoms with van der Waals surface area (Å²) in [6.45, 7) is 10.3. The van der Waals surface area contributed by atoms with Gasteiger partial charge in [0, 0.05) is 35.9 Å². The molecule has 0 atom stereocenters. The molecule has 2 heterocycles. The second-order valence-corrected chi connectivity index (χ2v) is 10.2. The normalized spacial score (nSPS) is 11.6. The lowest BCUT2D eigenvalue weighted by molar-refractivity contribution is 0.0950. The maximum atomic E-state index is 12.8. The van der Waals surface area contributed by atoms with Crippen LogP contribution in [0.5, 0.6) is 0 Å². The summed E-state index contributed by atoms with van der Waals surface area (Å²) in [5.74, 6) is 0.169. The molecule has 4 rings (SSSR count). The van der Waals surface area contributed by atoms with Crippen LogP contribution in [0, 0.1) is 0 Å². The van der Waals surface area contributed by atoms with Gasteiger partial charge in [0.05, 0.1) is 15.9 Å². The topological polar surface area (TPSA) is 66.7 Å². The first-order chi connectivity index (χ1) is 17.5. The molecular formula is C29H36N4O2S. The Balaban J connectivity index is 1.42. The molecule has 1 N–H and O–H groups in total. The van der Waals surface area contributed by atoms with E-state index in [9.17, 15) is 9.59 Å². The second-order valence-electron chi connectivity index (χ2n) is 9.16. The Morgan fingerprint density at radius 3 is 2.44 bits per heavy atom. The summed E-state index contributed by atoms with van der Waals surface area (Å²) < 4.78 is 3.15. The van der Waals surface area contributed by atoms with Crippen molar-refractivity contribution in [3.8, 4) is 11.3 Å². The molecule has 0 aliphatic carbocycles. The van der Waals surface area contributed by atoms with Crippen LogP contribution in [0.1, 0.15) is 73.6 Å². The van der Waals surface area contributed by atoms with Crippen LogP contribution in [0.3, 0.4) is 0 Å². The van der Waals surface area contributed by atoms with E-state index in [0.29, 0.717) is 18.5 Å². The highest BCUT2D eigenvalue weighted by atomic mass is 32.1. The summed E-state index contributed by atoms with van der Waals surface area (Å²) in [6.07, 6.45) is 6.63. The fourth-order valence-corrected chi connectivity index (χ4v) is 5.44. The summed E-state index contributed by atoms with van der Waals surface area (Å²) in [6, 6.07) is 13.6. The summed E-state index contributed by atoms with van der Waals surface area (Å²) in [7, 11) is 0. The van der Waals surface area contributed by atoms with Gasteiger partial charge in [0.2, 0.25) is 0 Å². The minimum absolute atomic E-state index is 0.0407. The Morgan fingerprint density at radius 1 is 0.972 bits per heavy atom. The van der Waals surface area contributed by atoms with Crippen molar-refractivity contribution in [1.82, 2.24) is 19.6 Å². The molecule has 7 heteroatoms. The molecule has 0 saturated carbocycles. The van der Waals surface area contributed by atoms with E-state index in [1.54, 1.807) is 11.3 Å². The predicted molar refractivity (Wildman–Crippen MR) is 149 cm³/mol. The minimum atomic E-state index is -0.0407. The molecule has 6 nitrogen and oxygen atoms in total. The third kappa shape index (κ3) is 6.02. The Bertz CT molecular complexity index is 1320. The molecule has 0 unspecified atom stereocenters. The smallest absolute Gasteiger partial charge is 0.251 e. The second kappa shape index (κ2) is 12.3. The van der Waals surface area contributed by atoms with Crippen LogP contribution in [0.25, 0.3) is 26.4 Å². The fourth-order valence-electron chi connectivity index (χ4n) is 4.39. The van der Waals surface area contributed by atoms with Crippen molar-refractivity contribution in [2.24, 2.45) is 0 Å². The monoisotopic (exact) mass is 504 g/mol. The number of hydrogen-bond donors (Lipinski definition) is 1. The van der Waals surface area contributed by atoms with Crippen molar-refractivity contribution in [3.63, 3.8) is 0 Å². The molecule has 2 aromatic heterocycles. The van der Waals surface area contributed by atoms with Crippen molar-refractivity contribution in [2.75, 3.05) is 26.2 Å². The van der Waals surface area contributed by atoms with Crippen molar-refractivity contribution in [3.05, 3.63) is 59.8 Å². The number of rotatable bonds is 13. The number of ketones is 1. The first-order valence-corrected chi connectivity index (χ1v) is 13.9. The van der Waals surface area contributed by atoms with Gasteiger partial charge in [0.1, 0.15) is 0 Å². The number of hydrogen-bond acceptors (Lipinski definition) is 5. The average molecular weight is 505 g/mol. The first-order valence-electron chi connectivity index (χ1n) is 13.1. The van der Waals surface area contributed by atoms with E-state index in [0.717, 1.165) is 77.3 Å². The van der Waals surface area contributed by atoms with Gasteiger partial charge >= 0.3 is 0 Å². The lowest BCUT2D eigenvalue weighted by Gasteiger charge is -2.17. The van der Waals surface area contributed by atoms with Crippen LogP contribution in [0.15, 0.2) is 48.7 Å². The van der Waals surface area contributed by atoms with Gasteiger partial charge in [0.15, 0.2) is 10.7 Å². The van der Waals surface area contributed by atoms with Crippen LogP contribution in [-0.4, -0.2) is 52.2 Å². The number of imidazole rings is 1. The highest BCUT2D eigenvalue weighted by molar-refractivity contribution is 7.23. The Labute approximate surface area is 217 Å². The highest BCUT2D eigenvalue weighted by Gasteiger charge is 2.14. The number of nitrogens with one attached hydrogen (secondary N) is 1. The zero-order valence-corrected chi connectivity index (χ0v) is 22.4. The van der Waals surface area contributed by atoms with Crippen LogP contribution in [-0.2, 0) is 0 Å². The lowest BCUT2D eigenvalue weighted by atomic mass is 10.1. The van der Waals surface area contributed by atoms with Gasteiger partial charge < -0.3 is 10.2 Å². The maximum absolute atomic E-state index is 12.8. The molecule has 2 aromatic carbocycles. The van der Waals surface area contributed by atoms with E-state index < -0.39 is 0 Å². The van der Waals surface area contributed by atoms with Crippen LogP contribution >= 0.6 is 11.3 Å². The molecule has 0 aliphatic rings. The van der Waals surface area contributed by atoms with E-state index in [-0.39, 0.29) is 11.7 Å². The molecule has 4 aromatic rings. The molecule has 0 spiro atoms. The van der Waals surface area contributed by atoms with Crippen molar-refractivity contribution < 1.29 is 9.59 Å². The first kappa shape index (κ1) is 26.0. The van der Waals surface area contributed by atoms with Gasteiger partial charge in [-0.2, -0.15) is 0 Å². The summed E-state index contributed by atoms with van der Waals surface area (Å²) >= 11 is 1.60. The number of fused-ring (bicyclic) bond motifs is 3. The number of aromatic nitrogens is 2. The number of Topliss-reactive ketones (excluding diaryl/α,β-unsaturated/α-hetero) is 1. The molecule has 0 aliphatic heterocycles. The molecular weight excluding hydrogens is 468 g/mol. The Kier molecular flexibility index (Phi) is 8.88. The van der Waals surface area contributed by atoms with Crippen molar-refractivity contribution in [1.29, 1.82) is 0 Å². The predicted octanol–water partition coefficient (Wildman–Crippen LogP) is 6.44. The highest BCUT2D eigenvalue weighted by Crippen LogP contribution is 2.30. The standard InChI is InChI=1S/C29H36N4O2S/c1-4-7-17-30-28(35)22-13-11-21(12-14-22)24-20-33-25-16-15-23(19-27(25)36-29(33)31-24)26(34)10-8-9-18-32(5-2)6-3/h11-16,19-20H,4-10,17-18H2,1-3H3,(H,30,35). The van der Waals surface area contributed by atoms with Crippen molar-refractivity contribution >= 4 is 38.2 Å². The van der Waals surface area contributed by atoms with Crippen molar-refractivity contribution in [2.45, 2.75) is 52.9 Å². The third-order valence-corrected chi connectivity index (χ3v) is 7.71. The summed E-state index contributed by atoms with van der Waals surface area (Å²) in [5.41, 5.74) is 4.34. The number of benzene rings is 2. The molecule has 0 radical (unpaired) electrons. The SMILES string of the molecule is CCCCNC(=O)c1ccc(-c2cn3c(n2)sc2cc(C(=O)CCCCN(CC)CC)ccc23)cc1. The molecule has 190 valence electrons. The van der Waals surface area contributed by atoms with E-state index >= 15 is 0 Å². The van der Waals surface area contributed by atoms with Gasteiger partial charge in [-0.05, 0) is 69.2 Å². The van der Waals surface area contributed by atoms with Gasteiger partial charge in [-0.3, -0.25) is 14.0 Å². The Hall–Kier alpha value is -3.03. The number of unbranched alkanes of at least 4 members (excludes halogenated alkanes) is 2. The van der Waals surface area contributed by atoms with Crippen LogP contribution < -0.4 is 5.32 Å². The number of thiazole rings is 1. The number of carbonyl (C=O) groups excluding carboxylic acids is 2. The molecule has 1 amide bonds. The van der Waals surface area contributed by atoms with E-state index in [2.05, 4.69) is 35.4 Å². The molecule has 36 heavy (non-hydrogen) atoms. The number of amides is 1. The van der Waals surface area contributed by atoms with Crippen LogP contribution in [0.4, 0.5) is 0 Å². The van der Waals surface area contributed by atoms with Gasteiger partial charge in [-0.1, -0.05) is 50.7 Å². The summed E-state index contributed by atoms with van der Waals surface area (Å²) in [4.78, 5) is 33.1. The van der Waals surface area contributed by atoms with Gasteiger partial charge in [-0.15, -0.1) is 0 Å². The number of nitrogens with zero attached hydrogens (tertiary/aromatic N) is 3. The van der Waals surface area contributed by atoms with E-state index in [1.807, 2.05) is 48.7 Å². The largest absolute Gasteiger partial charge is 0.352 e. The average Bonchev–Trinajstić information content (AvgIpc) is 3.46.